The summed E-state index contributed by atoms with van der Waals surface area (Å²) in [5.41, 5.74) is 6.32. The van der Waals surface area contributed by atoms with Gasteiger partial charge in [0, 0.05) is 17.2 Å². The molecule has 0 radical (unpaired) electrons. The van der Waals surface area contributed by atoms with Crippen molar-refractivity contribution in [3.63, 3.8) is 0 Å². The number of hydrogen-bond acceptors (Lipinski definition) is 2. The summed E-state index contributed by atoms with van der Waals surface area (Å²) in [6.07, 6.45) is 0. The molecular weight excluding hydrogens is 306 g/mol. The second-order valence-electron chi connectivity index (χ2n) is 7.38. The minimum absolute atomic E-state index is 0.151. The van der Waals surface area contributed by atoms with Crippen LogP contribution in [0.25, 0.3) is 33.7 Å². The summed E-state index contributed by atoms with van der Waals surface area (Å²) < 4.78 is 6.01. The topological polar surface area (TPSA) is 26.0 Å². The summed E-state index contributed by atoms with van der Waals surface area (Å²) in [4.78, 5) is 4.75. The fourth-order valence-corrected chi connectivity index (χ4v) is 2.97. The third-order valence-electron chi connectivity index (χ3n) is 4.48. The van der Waals surface area contributed by atoms with Crippen LogP contribution in [0.3, 0.4) is 0 Å². The second-order valence-corrected chi connectivity index (χ2v) is 7.38. The number of hydrogen-bond donors (Lipinski definition) is 0. The summed E-state index contributed by atoms with van der Waals surface area (Å²) in [6, 6.07) is 24.8. The van der Waals surface area contributed by atoms with Crippen LogP contribution in [0.15, 0.2) is 77.2 Å². The van der Waals surface area contributed by atoms with Gasteiger partial charge in [0.1, 0.15) is 11.3 Å². The van der Waals surface area contributed by atoms with Crippen molar-refractivity contribution >= 4 is 11.1 Å². The van der Waals surface area contributed by atoms with Crippen LogP contribution in [-0.2, 0) is 5.41 Å². The maximum atomic E-state index is 6.01. The number of rotatable bonds is 2. The van der Waals surface area contributed by atoms with Gasteiger partial charge in [0.2, 0.25) is 0 Å². The zero-order chi connectivity index (χ0) is 17.4. The average molecular weight is 327 g/mol. The zero-order valence-corrected chi connectivity index (χ0v) is 14.8. The standard InChI is InChI=1S/C23H21NO/c1-23(2,3)18-11-9-17(10-12-18)22-15-20-21(25-22)14-13-19(24-20)16-7-5-4-6-8-16/h4-15H,1-3H3. The van der Waals surface area contributed by atoms with E-state index in [9.17, 15) is 0 Å². The molecule has 0 N–H and O–H groups in total. The molecule has 0 aliphatic heterocycles. The van der Waals surface area contributed by atoms with Gasteiger partial charge in [0.15, 0.2) is 5.58 Å². The molecule has 25 heavy (non-hydrogen) atoms. The highest BCUT2D eigenvalue weighted by Gasteiger charge is 2.14. The average Bonchev–Trinajstić information content (AvgIpc) is 3.05. The normalized spacial score (nSPS) is 11.8. The van der Waals surface area contributed by atoms with Crippen LogP contribution in [-0.4, -0.2) is 4.98 Å². The molecule has 2 nitrogen and oxygen atoms in total. The molecule has 0 saturated heterocycles. The first-order valence-corrected chi connectivity index (χ1v) is 8.58. The van der Waals surface area contributed by atoms with Gasteiger partial charge in [0.05, 0.1) is 5.69 Å². The van der Waals surface area contributed by atoms with Gasteiger partial charge in [0.25, 0.3) is 0 Å². The Balaban J connectivity index is 1.72. The maximum Gasteiger partial charge on any atom is 0.153 e. The van der Waals surface area contributed by atoms with E-state index in [0.717, 1.165) is 33.7 Å². The van der Waals surface area contributed by atoms with Crippen LogP contribution >= 0.6 is 0 Å². The van der Waals surface area contributed by atoms with E-state index in [1.807, 2.05) is 36.4 Å². The molecule has 0 fully saturated rings. The van der Waals surface area contributed by atoms with E-state index in [1.165, 1.54) is 5.56 Å². The molecule has 0 saturated carbocycles. The van der Waals surface area contributed by atoms with Gasteiger partial charge >= 0.3 is 0 Å². The lowest BCUT2D eigenvalue weighted by molar-refractivity contribution is 0.590. The Kier molecular flexibility index (Phi) is 3.69. The molecule has 0 spiro atoms. The largest absolute Gasteiger partial charge is 0.454 e. The lowest BCUT2D eigenvalue weighted by atomic mass is 9.86. The second kappa shape index (κ2) is 5.89. The van der Waals surface area contributed by atoms with Crippen molar-refractivity contribution in [2.75, 3.05) is 0 Å². The Hall–Kier alpha value is -2.87. The molecule has 124 valence electrons. The fraction of sp³-hybridized carbons (Fsp3) is 0.174. The van der Waals surface area contributed by atoms with Crippen molar-refractivity contribution in [1.29, 1.82) is 0 Å². The molecule has 0 atom stereocenters. The van der Waals surface area contributed by atoms with E-state index < -0.39 is 0 Å². The Morgan fingerprint density at radius 3 is 2.16 bits per heavy atom. The quantitative estimate of drug-likeness (QED) is 0.422. The van der Waals surface area contributed by atoms with Crippen LogP contribution in [0, 0.1) is 0 Å². The van der Waals surface area contributed by atoms with Gasteiger partial charge in [-0.3, -0.25) is 0 Å². The van der Waals surface area contributed by atoms with E-state index in [2.05, 4.69) is 57.2 Å². The Morgan fingerprint density at radius 1 is 0.760 bits per heavy atom. The number of fused-ring (bicyclic) bond motifs is 1. The van der Waals surface area contributed by atoms with Crippen LogP contribution in [0.2, 0.25) is 0 Å². The van der Waals surface area contributed by atoms with Gasteiger partial charge in [-0.05, 0) is 23.1 Å². The van der Waals surface area contributed by atoms with Gasteiger partial charge in [-0.15, -0.1) is 0 Å². The zero-order valence-electron chi connectivity index (χ0n) is 14.8. The maximum absolute atomic E-state index is 6.01. The summed E-state index contributed by atoms with van der Waals surface area (Å²) in [6.45, 7) is 6.66. The fourth-order valence-electron chi connectivity index (χ4n) is 2.97. The molecule has 2 heteroatoms. The lowest BCUT2D eigenvalue weighted by Gasteiger charge is -2.18. The van der Waals surface area contributed by atoms with Gasteiger partial charge in [-0.2, -0.15) is 0 Å². The van der Waals surface area contributed by atoms with E-state index in [-0.39, 0.29) is 5.41 Å². The molecule has 0 unspecified atom stereocenters. The number of pyridine rings is 1. The molecule has 0 aliphatic carbocycles. The predicted octanol–water partition coefficient (Wildman–Crippen LogP) is 6.46. The monoisotopic (exact) mass is 327 g/mol. The van der Waals surface area contributed by atoms with Crippen molar-refractivity contribution in [2.45, 2.75) is 26.2 Å². The highest BCUT2D eigenvalue weighted by Crippen LogP contribution is 2.30. The van der Waals surface area contributed by atoms with Crippen LogP contribution in [0.4, 0.5) is 0 Å². The number of furan rings is 1. The van der Waals surface area contributed by atoms with Gasteiger partial charge < -0.3 is 4.42 Å². The van der Waals surface area contributed by atoms with Crippen molar-refractivity contribution in [2.24, 2.45) is 0 Å². The third kappa shape index (κ3) is 3.08. The molecule has 0 amide bonds. The van der Waals surface area contributed by atoms with Crippen molar-refractivity contribution in [1.82, 2.24) is 4.98 Å². The van der Waals surface area contributed by atoms with Crippen molar-refractivity contribution < 1.29 is 4.42 Å². The highest BCUT2D eigenvalue weighted by molar-refractivity contribution is 5.81. The van der Waals surface area contributed by atoms with Crippen LogP contribution in [0.1, 0.15) is 26.3 Å². The van der Waals surface area contributed by atoms with Gasteiger partial charge in [-0.25, -0.2) is 4.98 Å². The summed E-state index contributed by atoms with van der Waals surface area (Å²) in [7, 11) is 0. The molecule has 2 aromatic carbocycles. The predicted molar refractivity (Wildman–Crippen MR) is 104 cm³/mol. The Morgan fingerprint density at radius 2 is 1.48 bits per heavy atom. The summed E-state index contributed by atoms with van der Waals surface area (Å²) >= 11 is 0. The molecule has 4 rings (SSSR count). The minimum Gasteiger partial charge on any atom is -0.454 e. The summed E-state index contributed by atoms with van der Waals surface area (Å²) in [5, 5.41) is 0. The van der Waals surface area contributed by atoms with Crippen molar-refractivity contribution in [3.05, 3.63) is 78.4 Å². The number of nitrogens with zero attached hydrogens (tertiary/aromatic N) is 1. The van der Waals surface area contributed by atoms with E-state index in [1.54, 1.807) is 0 Å². The molecule has 0 aliphatic rings. The number of benzene rings is 2. The van der Waals surface area contributed by atoms with Gasteiger partial charge in [-0.1, -0.05) is 75.4 Å². The number of aromatic nitrogens is 1. The van der Waals surface area contributed by atoms with E-state index in [4.69, 9.17) is 9.40 Å². The van der Waals surface area contributed by atoms with Crippen LogP contribution in [0.5, 0.6) is 0 Å². The SMILES string of the molecule is CC(C)(C)c1ccc(-c2cc3nc(-c4ccccc4)ccc3o2)cc1. The van der Waals surface area contributed by atoms with E-state index in [0.29, 0.717) is 0 Å². The Labute approximate surface area is 148 Å². The molecule has 2 heterocycles. The summed E-state index contributed by atoms with van der Waals surface area (Å²) in [5.74, 6) is 0.855. The molecule has 4 aromatic rings. The highest BCUT2D eigenvalue weighted by atomic mass is 16.3. The van der Waals surface area contributed by atoms with E-state index >= 15 is 0 Å². The van der Waals surface area contributed by atoms with Crippen LogP contribution < -0.4 is 0 Å². The first kappa shape index (κ1) is 15.6. The molecule has 2 aromatic heterocycles. The lowest BCUT2D eigenvalue weighted by Crippen LogP contribution is -2.10. The first-order valence-electron chi connectivity index (χ1n) is 8.58. The Bertz CT molecular complexity index is 1010. The first-order chi connectivity index (χ1) is 12.0. The van der Waals surface area contributed by atoms with Crippen molar-refractivity contribution in [3.8, 4) is 22.6 Å². The smallest absolute Gasteiger partial charge is 0.153 e. The minimum atomic E-state index is 0.151. The third-order valence-corrected chi connectivity index (χ3v) is 4.48. The molecular formula is C23H21NO. The molecule has 0 bridgehead atoms.